The number of hydrogen-bond donors (Lipinski definition) is 0. The zero-order valence-electron chi connectivity index (χ0n) is 23.4. The Balaban J connectivity index is 1.28. The Morgan fingerprint density at radius 1 is 0.721 bits per heavy atom. The highest BCUT2D eigenvalue weighted by Crippen LogP contribution is 2.63. The Morgan fingerprint density at radius 2 is 1.56 bits per heavy atom. The van der Waals surface area contributed by atoms with E-state index in [9.17, 15) is 0 Å². The van der Waals surface area contributed by atoms with Crippen molar-refractivity contribution in [3.05, 3.63) is 144 Å². The Bertz CT molecular complexity index is 2440. The maximum absolute atomic E-state index is 6.81. The summed E-state index contributed by atoms with van der Waals surface area (Å²) in [5, 5.41) is 5.03. The summed E-state index contributed by atoms with van der Waals surface area (Å²) in [5.74, 6) is 3.02. The molecule has 0 bridgehead atoms. The van der Waals surface area contributed by atoms with Gasteiger partial charge in [0, 0.05) is 30.1 Å². The number of nitrogens with zero attached hydrogens (tertiary/aromatic N) is 4. The van der Waals surface area contributed by atoms with Crippen molar-refractivity contribution in [2.24, 2.45) is 0 Å². The molecule has 6 heterocycles. The third-order valence-electron chi connectivity index (χ3n) is 10.2. The van der Waals surface area contributed by atoms with E-state index in [4.69, 9.17) is 4.74 Å². The van der Waals surface area contributed by atoms with Gasteiger partial charge in [0.15, 0.2) is 11.7 Å². The molecule has 0 aliphatic carbocycles. The highest BCUT2D eigenvalue weighted by Gasteiger charge is 2.68. The molecule has 0 fully saturated rings. The van der Waals surface area contributed by atoms with Crippen molar-refractivity contribution in [3.63, 3.8) is 0 Å². The number of anilines is 1. The van der Waals surface area contributed by atoms with E-state index in [1.165, 1.54) is 60.7 Å². The van der Waals surface area contributed by atoms with Crippen LogP contribution in [0.1, 0.15) is 16.7 Å². The van der Waals surface area contributed by atoms with Gasteiger partial charge in [0.25, 0.3) is 5.82 Å². The van der Waals surface area contributed by atoms with Gasteiger partial charge in [-0.15, -0.1) is 0 Å². The molecule has 0 amide bonds. The average molecular weight is 554 g/mol. The number of fused-ring (bicyclic) bond motifs is 8. The van der Waals surface area contributed by atoms with Crippen LogP contribution in [-0.2, 0) is 5.54 Å². The third-order valence-corrected chi connectivity index (χ3v) is 10.2. The smallest absolute Gasteiger partial charge is 0.288 e. The predicted octanol–water partition coefficient (Wildman–Crippen LogP) is 7.53. The molecule has 0 N–H and O–H groups in total. The standard InChI is InChI=1S/C38H25N4O/c1-39-30(25-17-16-23-9-2-3-10-24(23)21-25)22-40-29-13-8-14-31-34(29)38(37(39)40)35-32(43-31)19-18-27-26-11-4-5-12-28(26)42(36(27)35)33-15-6-7-20-41(33)38/h2-22,37H,1H3/q+1. The first-order chi connectivity index (χ1) is 21.2. The lowest BCUT2D eigenvalue weighted by molar-refractivity contribution is -0.743. The largest absolute Gasteiger partial charge is 0.456 e. The first-order valence-electron chi connectivity index (χ1n) is 14.9. The summed E-state index contributed by atoms with van der Waals surface area (Å²) in [6.07, 6.45) is 4.59. The maximum atomic E-state index is 6.81. The SMILES string of the molecule is CN1C(c2ccc3ccccc3c2)=CN2c3cccc4c3C3(c5c(ccc6c7ccccc7n(c56)-c5cccc[n+]53)O4)C12. The fourth-order valence-electron chi connectivity index (χ4n) is 8.64. The number of likely N-dealkylation sites (N-methyl/N-ethyl adjacent to an activating group) is 1. The molecule has 5 heteroatoms. The van der Waals surface area contributed by atoms with E-state index in [0.29, 0.717) is 0 Å². The van der Waals surface area contributed by atoms with Crippen molar-refractivity contribution in [2.75, 3.05) is 11.9 Å². The van der Waals surface area contributed by atoms with Gasteiger partial charge < -0.3 is 14.5 Å². The van der Waals surface area contributed by atoms with Gasteiger partial charge in [0.05, 0.1) is 28.7 Å². The fourth-order valence-corrected chi connectivity index (χ4v) is 8.64. The van der Waals surface area contributed by atoms with Crippen molar-refractivity contribution >= 4 is 44.0 Å². The van der Waals surface area contributed by atoms with E-state index in [1.807, 2.05) is 0 Å². The lowest BCUT2D eigenvalue weighted by Crippen LogP contribution is -2.70. The van der Waals surface area contributed by atoms with Crippen LogP contribution in [0, 0.1) is 0 Å². The zero-order valence-corrected chi connectivity index (χ0v) is 23.4. The van der Waals surface area contributed by atoms with Gasteiger partial charge in [0.2, 0.25) is 5.54 Å². The molecule has 0 radical (unpaired) electrons. The first kappa shape index (κ1) is 22.1. The van der Waals surface area contributed by atoms with Crippen LogP contribution in [0.25, 0.3) is 44.1 Å². The van der Waals surface area contributed by atoms with E-state index in [2.05, 4.69) is 154 Å². The van der Waals surface area contributed by atoms with Crippen LogP contribution in [0.4, 0.5) is 5.69 Å². The average Bonchev–Trinajstić information content (AvgIpc) is 3.68. The maximum Gasteiger partial charge on any atom is 0.288 e. The van der Waals surface area contributed by atoms with Gasteiger partial charge >= 0.3 is 0 Å². The van der Waals surface area contributed by atoms with E-state index >= 15 is 0 Å². The highest BCUT2D eigenvalue weighted by molar-refractivity contribution is 6.12. The van der Waals surface area contributed by atoms with Crippen LogP contribution in [0.2, 0.25) is 0 Å². The van der Waals surface area contributed by atoms with Crippen molar-refractivity contribution in [1.29, 1.82) is 0 Å². The molecule has 2 unspecified atom stereocenters. The minimum atomic E-state index is -0.538. The summed E-state index contributed by atoms with van der Waals surface area (Å²) in [6, 6.07) is 41.8. The third kappa shape index (κ3) is 2.36. The highest BCUT2D eigenvalue weighted by atomic mass is 16.5. The lowest BCUT2D eigenvalue weighted by Gasteiger charge is -2.43. The Morgan fingerprint density at radius 3 is 2.51 bits per heavy atom. The molecule has 11 rings (SSSR count). The number of ether oxygens (including phenoxy) is 1. The molecule has 0 saturated heterocycles. The Kier molecular flexibility index (Phi) is 3.73. The molecule has 4 aliphatic heterocycles. The quantitative estimate of drug-likeness (QED) is 0.197. The molecule has 5 nitrogen and oxygen atoms in total. The normalized spacial score (nSPS) is 20.3. The topological polar surface area (TPSA) is 24.5 Å². The Labute approximate surface area is 247 Å². The monoisotopic (exact) mass is 553 g/mol. The van der Waals surface area contributed by atoms with Crippen LogP contribution < -0.4 is 14.2 Å². The summed E-state index contributed by atoms with van der Waals surface area (Å²) in [5.41, 5.74) is 8.00. The van der Waals surface area contributed by atoms with Gasteiger partial charge in [-0.05, 0) is 64.9 Å². The number of hydrogen-bond acceptors (Lipinski definition) is 3. The lowest BCUT2D eigenvalue weighted by atomic mass is 9.76. The molecule has 2 aromatic heterocycles. The molecular formula is C38H25N4O+. The molecule has 1 spiro atoms. The van der Waals surface area contributed by atoms with Crippen molar-refractivity contribution in [3.8, 4) is 17.3 Å². The fraction of sp³-hybridized carbons (Fsp3) is 0.0789. The Hall–Kier alpha value is -5.55. The van der Waals surface area contributed by atoms with E-state index in [-0.39, 0.29) is 6.17 Å². The first-order valence-corrected chi connectivity index (χ1v) is 14.9. The number of para-hydroxylation sites is 1. The van der Waals surface area contributed by atoms with E-state index < -0.39 is 5.54 Å². The molecule has 202 valence electrons. The molecule has 43 heavy (non-hydrogen) atoms. The second-order valence-corrected chi connectivity index (χ2v) is 12.1. The van der Waals surface area contributed by atoms with Crippen LogP contribution >= 0.6 is 0 Å². The molecule has 2 atom stereocenters. The molecule has 7 aromatic rings. The number of benzene rings is 5. The summed E-state index contributed by atoms with van der Waals surface area (Å²) >= 11 is 0. The van der Waals surface area contributed by atoms with Crippen molar-refractivity contribution < 1.29 is 9.30 Å². The summed E-state index contributed by atoms with van der Waals surface area (Å²) < 4.78 is 11.8. The van der Waals surface area contributed by atoms with Gasteiger partial charge in [-0.25, -0.2) is 4.57 Å². The summed E-state index contributed by atoms with van der Waals surface area (Å²) in [4.78, 5) is 4.98. The number of rotatable bonds is 1. The van der Waals surface area contributed by atoms with Gasteiger partial charge in [-0.1, -0.05) is 60.7 Å². The second-order valence-electron chi connectivity index (χ2n) is 12.1. The van der Waals surface area contributed by atoms with E-state index in [1.54, 1.807) is 0 Å². The van der Waals surface area contributed by atoms with Crippen molar-refractivity contribution in [1.82, 2.24) is 9.47 Å². The van der Waals surface area contributed by atoms with Crippen LogP contribution in [0.15, 0.2) is 128 Å². The van der Waals surface area contributed by atoms with Gasteiger partial charge in [0.1, 0.15) is 17.0 Å². The van der Waals surface area contributed by atoms with Crippen molar-refractivity contribution in [2.45, 2.75) is 11.7 Å². The zero-order chi connectivity index (χ0) is 28.0. The van der Waals surface area contributed by atoms with Gasteiger partial charge in [-0.2, -0.15) is 4.57 Å². The second kappa shape index (κ2) is 7.26. The predicted molar refractivity (Wildman–Crippen MR) is 170 cm³/mol. The number of pyridine rings is 1. The molecule has 4 aliphatic rings. The molecule has 5 aromatic carbocycles. The summed E-state index contributed by atoms with van der Waals surface area (Å²) in [7, 11) is 2.26. The minimum Gasteiger partial charge on any atom is -0.456 e. The van der Waals surface area contributed by atoms with Crippen LogP contribution in [0.5, 0.6) is 11.5 Å². The molecule has 0 saturated carbocycles. The number of aromatic nitrogens is 2. The van der Waals surface area contributed by atoms with Crippen LogP contribution in [0.3, 0.4) is 0 Å². The van der Waals surface area contributed by atoms with Gasteiger partial charge in [-0.3, -0.25) is 0 Å². The minimum absolute atomic E-state index is 0.0312. The summed E-state index contributed by atoms with van der Waals surface area (Å²) in [6.45, 7) is 0. The van der Waals surface area contributed by atoms with Crippen LogP contribution in [-0.4, -0.2) is 22.7 Å². The van der Waals surface area contributed by atoms with E-state index in [0.717, 1.165) is 17.3 Å². The molecular weight excluding hydrogens is 528 g/mol.